The Morgan fingerprint density at radius 1 is 1.33 bits per heavy atom. The van der Waals surface area contributed by atoms with Gasteiger partial charge in [-0.25, -0.2) is 4.39 Å². The Bertz CT molecular complexity index is 502. The molecule has 0 aliphatic rings. The minimum atomic E-state index is -0.281. The molecule has 3 heteroatoms. The maximum atomic E-state index is 13.5. The van der Waals surface area contributed by atoms with Crippen molar-refractivity contribution in [3.05, 3.63) is 47.9 Å². The fourth-order valence-corrected chi connectivity index (χ4v) is 1.59. The van der Waals surface area contributed by atoms with Gasteiger partial charge in [0.2, 0.25) is 0 Å². The zero-order valence-electron chi connectivity index (χ0n) is 8.27. The molecule has 0 bridgehead atoms. The van der Waals surface area contributed by atoms with E-state index in [4.69, 9.17) is 0 Å². The third kappa shape index (κ3) is 1.68. The van der Waals surface area contributed by atoms with Gasteiger partial charge in [0.05, 0.1) is 5.69 Å². The first kappa shape index (κ1) is 9.65. The van der Waals surface area contributed by atoms with Crippen molar-refractivity contribution in [2.75, 3.05) is 0 Å². The summed E-state index contributed by atoms with van der Waals surface area (Å²) in [6.45, 7) is 0. The molecular formula is C12H10FNO. The molecule has 0 aliphatic heterocycles. The molecule has 15 heavy (non-hydrogen) atoms. The predicted molar refractivity (Wildman–Crippen MR) is 56.2 cm³/mol. The summed E-state index contributed by atoms with van der Waals surface area (Å²) in [5, 5.41) is 0. The molecule has 0 aliphatic carbocycles. The molecule has 1 heterocycles. The highest BCUT2D eigenvalue weighted by molar-refractivity contribution is 5.78. The lowest BCUT2D eigenvalue weighted by molar-refractivity contribution is 0.112. The Hall–Kier alpha value is -1.90. The minimum absolute atomic E-state index is 0.281. The number of nitrogens with zero attached hydrogens (tertiary/aromatic N) is 1. The number of halogens is 1. The largest absolute Gasteiger partial charge is 0.350 e. The van der Waals surface area contributed by atoms with Crippen molar-refractivity contribution >= 4 is 6.29 Å². The average molecular weight is 203 g/mol. The van der Waals surface area contributed by atoms with Crippen LogP contribution in [0.2, 0.25) is 0 Å². The Balaban J connectivity index is 2.58. The lowest BCUT2D eigenvalue weighted by Gasteiger charge is -2.03. The second-order valence-electron chi connectivity index (χ2n) is 3.37. The summed E-state index contributed by atoms with van der Waals surface area (Å²) >= 11 is 0. The van der Waals surface area contributed by atoms with Crippen LogP contribution in [0.4, 0.5) is 4.39 Å². The van der Waals surface area contributed by atoms with E-state index in [1.807, 2.05) is 0 Å². The number of carbonyl (C=O) groups excluding carboxylic acids is 1. The van der Waals surface area contributed by atoms with Crippen LogP contribution in [0.3, 0.4) is 0 Å². The Kier molecular flexibility index (Phi) is 2.37. The summed E-state index contributed by atoms with van der Waals surface area (Å²) in [6.07, 6.45) is 2.43. The molecule has 0 spiro atoms. The smallest absolute Gasteiger partial charge is 0.151 e. The van der Waals surface area contributed by atoms with Crippen molar-refractivity contribution in [3.63, 3.8) is 0 Å². The van der Waals surface area contributed by atoms with Crippen LogP contribution in [0.1, 0.15) is 10.4 Å². The number of aldehydes is 1. The summed E-state index contributed by atoms with van der Waals surface area (Å²) in [4.78, 5) is 10.6. The van der Waals surface area contributed by atoms with Crippen molar-refractivity contribution in [3.8, 4) is 11.3 Å². The Labute approximate surface area is 87.0 Å². The van der Waals surface area contributed by atoms with Crippen molar-refractivity contribution in [2.24, 2.45) is 7.05 Å². The lowest BCUT2D eigenvalue weighted by atomic mass is 10.1. The van der Waals surface area contributed by atoms with Gasteiger partial charge in [0, 0.05) is 24.4 Å². The first-order chi connectivity index (χ1) is 7.22. The second kappa shape index (κ2) is 3.69. The molecular weight excluding hydrogens is 193 g/mol. The van der Waals surface area contributed by atoms with Gasteiger partial charge in [-0.2, -0.15) is 0 Å². The monoisotopic (exact) mass is 203 g/mol. The average Bonchev–Trinajstić information content (AvgIpc) is 2.60. The van der Waals surface area contributed by atoms with Gasteiger partial charge >= 0.3 is 0 Å². The number of benzene rings is 1. The number of hydrogen-bond donors (Lipinski definition) is 0. The van der Waals surface area contributed by atoms with Gasteiger partial charge in [-0.05, 0) is 18.2 Å². The quantitative estimate of drug-likeness (QED) is 0.688. The number of hydrogen-bond acceptors (Lipinski definition) is 1. The first-order valence-electron chi connectivity index (χ1n) is 4.59. The standard InChI is InChI=1S/C12H10FNO/c1-14-7-9(8-15)6-12(14)10-4-2-3-5-11(10)13/h2-8H,1H3. The van der Waals surface area contributed by atoms with Crippen LogP contribution < -0.4 is 0 Å². The van der Waals surface area contributed by atoms with Crippen molar-refractivity contribution < 1.29 is 9.18 Å². The number of aryl methyl sites for hydroxylation is 1. The molecule has 76 valence electrons. The van der Waals surface area contributed by atoms with E-state index in [0.717, 1.165) is 6.29 Å². The van der Waals surface area contributed by atoms with Crippen LogP contribution in [0.15, 0.2) is 36.5 Å². The summed E-state index contributed by atoms with van der Waals surface area (Å²) < 4.78 is 15.2. The summed E-state index contributed by atoms with van der Waals surface area (Å²) in [7, 11) is 1.79. The highest BCUT2D eigenvalue weighted by atomic mass is 19.1. The molecule has 2 nitrogen and oxygen atoms in total. The van der Waals surface area contributed by atoms with Crippen molar-refractivity contribution in [2.45, 2.75) is 0 Å². The normalized spacial score (nSPS) is 10.3. The van der Waals surface area contributed by atoms with Crippen LogP contribution in [0.25, 0.3) is 11.3 Å². The van der Waals surface area contributed by atoms with E-state index in [0.29, 0.717) is 16.8 Å². The van der Waals surface area contributed by atoms with Crippen LogP contribution in [0.5, 0.6) is 0 Å². The molecule has 0 amide bonds. The van der Waals surface area contributed by atoms with Crippen molar-refractivity contribution in [1.82, 2.24) is 4.57 Å². The molecule has 0 radical (unpaired) electrons. The van der Waals surface area contributed by atoms with Gasteiger partial charge < -0.3 is 4.57 Å². The molecule has 0 unspecified atom stereocenters. The maximum absolute atomic E-state index is 13.5. The highest BCUT2D eigenvalue weighted by Crippen LogP contribution is 2.23. The van der Waals surface area contributed by atoms with Crippen molar-refractivity contribution in [1.29, 1.82) is 0 Å². The van der Waals surface area contributed by atoms with Crippen LogP contribution in [0, 0.1) is 5.82 Å². The Morgan fingerprint density at radius 2 is 2.07 bits per heavy atom. The molecule has 0 atom stereocenters. The molecule has 0 fully saturated rings. The molecule has 0 saturated carbocycles. The van der Waals surface area contributed by atoms with E-state index in [-0.39, 0.29) is 5.82 Å². The lowest BCUT2D eigenvalue weighted by Crippen LogP contribution is -1.91. The minimum Gasteiger partial charge on any atom is -0.350 e. The topological polar surface area (TPSA) is 22.0 Å². The summed E-state index contributed by atoms with van der Waals surface area (Å²) in [5.41, 5.74) is 1.76. The van der Waals surface area contributed by atoms with Crippen LogP contribution >= 0.6 is 0 Å². The molecule has 2 rings (SSSR count). The second-order valence-corrected chi connectivity index (χ2v) is 3.37. The maximum Gasteiger partial charge on any atom is 0.151 e. The third-order valence-electron chi connectivity index (χ3n) is 2.31. The molecule has 0 N–H and O–H groups in total. The highest BCUT2D eigenvalue weighted by Gasteiger charge is 2.08. The fraction of sp³-hybridized carbons (Fsp3) is 0.0833. The van der Waals surface area contributed by atoms with E-state index in [1.54, 1.807) is 42.1 Å². The molecule has 0 saturated heterocycles. The van der Waals surface area contributed by atoms with Gasteiger partial charge in [-0.3, -0.25) is 4.79 Å². The molecule has 1 aromatic carbocycles. The van der Waals surface area contributed by atoms with Crippen LogP contribution in [-0.2, 0) is 7.05 Å². The predicted octanol–water partition coefficient (Wildman–Crippen LogP) is 2.64. The van der Waals surface area contributed by atoms with E-state index in [1.165, 1.54) is 6.07 Å². The number of rotatable bonds is 2. The van der Waals surface area contributed by atoms with Crippen LogP contribution in [-0.4, -0.2) is 10.9 Å². The van der Waals surface area contributed by atoms with E-state index in [2.05, 4.69) is 0 Å². The summed E-state index contributed by atoms with van der Waals surface area (Å²) in [6, 6.07) is 8.18. The van der Waals surface area contributed by atoms with Gasteiger partial charge in [0.1, 0.15) is 5.82 Å². The summed E-state index contributed by atoms with van der Waals surface area (Å²) in [5.74, 6) is -0.281. The number of carbonyl (C=O) groups is 1. The van der Waals surface area contributed by atoms with Gasteiger partial charge in [0.15, 0.2) is 6.29 Å². The Morgan fingerprint density at radius 3 is 2.67 bits per heavy atom. The number of aromatic nitrogens is 1. The molecule has 2 aromatic rings. The molecule has 1 aromatic heterocycles. The van der Waals surface area contributed by atoms with Gasteiger partial charge in [0.25, 0.3) is 0 Å². The third-order valence-corrected chi connectivity index (χ3v) is 2.31. The first-order valence-corrected chi connectivity index (χ1v) is 4.59. The van der Waals surface area contributed by atoms with E-state index >= 15 is 0 Å². The van der Waals surface area contributed by atoms with Gasteiger partial charge in [-0.1, -0.05) is 12.1 Å². The fourth-order valence-electron chi connectivity index (χ4n) is 1.59. The van der Waals surface area contributed by atoms with E-state index < -0.39 is 0 Å². The van der Waals surface area contributed by atoms with Gasteiger partial charge in [-0.15, -0.1) is 0 Å². The van der Waals surface area contributed by atoms with E-state index in [9.17, 15) is 9.18 Å². The zero-order chi connectivity index (χ0) is 10.8. The SMILES string of the molecule is Cn1cc(C=O)cc1-c1ccccc1F. The zero-order valence-corrected chi connectivity index (χ0v) is 8.27.